The van der Waals surface area contributed by atoms with Gasteiger partial charge in [0.1, 0.15) is 12.1 Å². The molecule has 2 aromatic rings. The molecule has 15 heavy (non-hydrogen) atoms. The van der Waals surface area contributed by atoms with E-state index in [0.29, 0.717) is 0 Å². The van der Waals surface area contributed by atoms with Crippen molar-refractivity contribution < 1.29 is 4.39 Å². The lowest BCUT2D eigenvalue weighted by molar-refractivity contribution is 0.304. The van der Waals surface area contributed by atoms with Gasteiger partial charge in [0.15, 0.2) is 5.65 Å². The van der Waals surface area contributed by atoms with E-state index in [2.05, 4.69) is 15.3 Å². The molecule has 6 heteroatoms. The molecule has 2 aromatic heterocycles. The number of aromatic nitrogens is 4. The molecule has 3 heterocycles. The summed E-state index contributed by atoms with van der Waals surface area (Å²) < 4.78 is 13.9. The molecule has 0 saturated carbocycles. The van der Waals surface area contributed by atoms with Gasteiger partial charge in [0.25, 0.3) is 0 Å². The fourth-order valence-electron chi connectivity index (χ4n) is 1.74. The summed E-state index contributed by atoms with van der Waals surface area (Å²) in [5.74, 6) is 1.02. The Kier molecular flexibility index (Phi) is 1.80. The fourth-order valence-corrected chi connectivity index (χ4v) is 1.74. The van der Waals surface area contributed by atoms with Gasteiger partial charge in [-0.1, -0.05) is 0 Å². The number of nitrogens with zero attached hydrogens (tertiary/aromatic N) is 5. The van der Waals surface area contributed by atoms with E-state index in [1.165, 1.54) is 0 Å². The van der Waals surface area contributed by atoms with E-state index in [4.69, 9.17) is 0 Å². The van der Waals surface area contributed by atoms with Gasteiger partial charge in [0.2, 0.25) is 0 Å². The summed E-state index contributed by atoms with van der Waals surface area (Å²) in [5.41, 5.74) is 0.723. The molecule has 1 aliphatic rings. The van der Waals surface area contributed by atoms with Gasteiger partial charge in [-0.15, -0.1) is 15.3 Å². The first-order valence-electron chi connectivity index (χ1n) is 4.85. The predicted octanol–water partition coefficient (Wildman–Crippen LogP) is 0.530. The molecule has 0 unspecified atom stereocenters. The summed E-state index contributed by atoms with van der Waals surface area (Å²) in [4.78, 5) is 2.05. The second-order valence-electron chi connectivity index (χ2n) is 3.75. The van der Waals surface area contributed by atoms with Crippen LogP contribution in [0.25, 0.3) is 5.65 Å². The lowest BCUT2D eigenvalue weighted by atomic mass is 10.0. The summed E-state index contributed by atoms with van der Waals surface area (Å²) in [5, 5.41) is 11.9. The quantitative estimate of drug-likeness (QED) is 0.720. The minimum absolute atomic E-state index is 0.170. The Bertz CT molecular complexity index is 476. The zero-order chi connectivity index (χ0) is 10.3. The maximum absolute atomic E-state index is 12.3. The molecule has 78 valence electrons. The molecule has 5 nitrogen and oxygen atoms in total. The van der Waals surface area contributed by atoms with E-state index in [1.807, 2.05) is 17.0 Å². The van der Waals surface area contributed by atoms with E-state index < -0.39 is 0 Å². The minimum Gasteiger partial charge on any atom is -0.354 e. The molecule has 0 amide bonds. The van der Waals surface area contributed by atoms with Crippen LogP contribution >= 0.6 is 0 Å². The third-order valence-electron chi connectivity index (χ3n) is 2.65. The molecule has 3 rings (SSSR count). The second kappa shape index (κ2) is 3.15. The number of rotatable bonds is 2. The van der Waals surface area contributed by atoms with E-state index >= 15 is 0 Å². The highest BCUT2D eigenvalue weighted by Gasteiger charge is 2.27. The molecule has 1 aliphatic heterocycles. The molecule has 0 radical (unpaired) electrons. The normalized spacial score (nSPS) is 17.0. The maximum atomic E-state index is 12.3. The maximum Gasteiger partial charge on any atom is 0.177 e. The van der Waals surface area contributed by atoms with E-state index in [1.54, 1.807) is 10.8 Å². The van der Waals surface area contributed by atoms with Crippen LogP contribution < -0.4 is 4.90 Å². The fraction of sp³-hybridized carbons (Fsp3) is 0.444. The first-order valence-corrected chi connectivity index (χ1v) is 4.85. The van der Waals surface area contributed by atoms with Crippen molar-refractivity contribution in [2.45, 2.75) is 0 Å². The zero-order valence-corrected chi connectivity index (χ0v) is 8.04. The van der Waals surface area contributed by atoms with Crippen LogP contribution in [0.15, 0.2) is 18.5 Å². The molecule has 0 bridgehead atoms. The van der Waals surface area contributed by atoms with Crippen LogP contribution in [0.3, 0.4) is 0 Å². The molecule has 0 N–H and O–H groups in total. The summed E-state index contributed by atoms with van der Waals surface area (Å²) in [6, 6.07) is 3.75. The van der Waals surface area contributed by atoms with Crippen LogP contribution in [0.5, 0.6) is 0 Å². The smallest absolute Gasteiger partial charge is 0.177 e. The standard InChI is InChI=1S/C9H10FN5/c10-3-7-4-14(5-7)9-2-1-8-12-11-6-15(8)13-9/h1-2,6-7H,3-5H2. The van der Waals surface area contributed by atoms with Crippen LogP contribution in [-0.2, 0) is 0 Å². The van der Waals surface area contributed by atoms with E-state index in [-0.39, 0.29) is 12.6 Å². The number of hydrogen-bond acceptors (Lipinski definition) is 4. The van der Waals surface area contributed by atoms with Gasteiger partial charge in [-0.05, 0) is 12.1 Å². The Balaban J connectivity index is 1.86. The van der Waals surface area contributed by atoms with Gasteiger partial charge in [-0.25, -0.2) is 0 Å². The molecule has 0 atom stereocenters. The number of anilines is 1. The number of hydrogen-bond donors (Lipinski definition) is 0. The number of fused-ring (bicyclic) bond motifs is 1. The molecule has 1 saturated heterocycles. The van der Waals surface area contributed by atoms with E-state index in [9.17, 15) is 4.39 Å². The highest BCUT2D eigenvalue weighted by molar-refractivity contribution is 5.46. The first-order chi connectivity index (χ1) is 7.36. The molecule has 0 aromatic carbocycles. The van der Waals surface area contributed by atoms with Crippen molar-refractivity contribution in [3.63, 3.8) is 0 Å². The molecule has 0 aliphatic carbocycles. The minimum atomic E-state index is -0.245. The largest absolute Gasteiger partial charge is 0.354 e. The van der Waals surface area contributed by atoms with Gasteiger partial charge in [0, 0.05) is 19.0 Å². The Morgan fingerprint density at radius 3 is 3.07 bits per heavy atom. The van der Waals surface area contributed by atoms with Crippen molar-refractivity contribution in [1.29, 1.82) is 0 Å². The summed E-state index contributed by atoms with van der Waals surface area (Å²) >= 11 is 0. The molecule has 0 spiro atoms. The van der Waals surface area contributed by atoms with Crippen LogP contribution in [0.4, 0.5) is 10.2 Å². The Labute approximate surface area is 85.5 Å². The van der Waals surface area contributed by atoms with Crippen molar-refractivity contribution >= 4 is 11.5 Å². The molecule has 1 fully saturated rings. The van der Waals surface area contributed by atoms with Gasteiger partial charge in [0.05, 0.1) is 6.67 Å². The Morgan fingerprint density at radius 2 is 2.27 bits per heavy atom. The summed E-state index contributed by atoms with van der Waals surface area (Å²) in [6.07, 6.45) is 1.56. The number of halogens is 1. The van der Waals surface area contributed by atoms with Crippen LogP contribution in [0.1, 0.15) is 0 Å². The first kappa shape index (κ1) is 8.58. The van der Waals surface area contributed by atoms with Crippen LogP contribution in [0.2, 0.25) is 0 Å². The molecular weight excluding hydrogens is 197 g/mol. The molecular formula is C9H10FN5. The van der Waals surface area contributed by atoms with Gasteiger partial charge in [-0.3, -0.25) is 4.39 Å². The van der Waals surface area contributed by atoms with Crippen molar-refractivity contribution in [3.05, 3.63) is 18.5 Å². The monoisotopic (exact) mass is 207 g/mol. The van der Waals surface area contributed by atoms with Crippen LogP contribution in [-0.4, -0.2) is 39.6 Å². The second-order valence-corrected chi connectivity index (χ2v) is 3.75. The zero-order valence-electron chi connectivity index (χ0n) is 8.04. The van der Waals surface area contributed by atoms with Gasteiger partial charge < -0.3 is 4.90 Å². The highest BCUT2D eigenvalue weighted by Crippen LogP contribution is 2.22. The van der Waals surface area contributed by atoms with Crippen molar-refractivity contribution in [2.24, 2.45) is 5.92 Å². The number of alkyl halides is 1. The Morgan fingerprint density at radius 1 is 1.40 bits per heavy atom. The van der Waals surface area contributed by atoms with Crippen molar-refractivity contribution in [1.82, 2.24) is 19.8 Å². The third kappa shape index (κ3) is 1.33. The lowest BCUT2D eigenvalue weighted by Gasteiger charge is -2.38. The lowest BCUT2D eigenvalue weighted by Crippen LogP contribution is -2.48. The third-order valence-corrected chi connectivity index (χ3v) is 2.65. The highest BCUT2D eigenvalue weighted by atomic mass is 19.1. The SMILES string of the molecule is FCC1CN(c2ccc3nncn3n2)C1. The topological polar surface area (TPSA) is 46.3 Å². The van der Waals surface area contributed by atoms with Gasteiger partial charge >= 0.3 is 0 Å². The van der Waals surface area contributed by atoms with Crippen molar-refractivity contribution in [2.75, 3.05) is 24.7 Å². The van der Waals surface area contributed by atoms with E-state index in [0.717, 1.165) is 24.6 Å². The summed E-state index contributed by atoms with van der Waals surface area (Å²) in [6.45, 7) is 1.25. The van der Waals surface area contributed by atoms with Crippen molar-refractivity contribution in [3.8, 4) is 0 Å². The summed E-state index contributed by atoms with van der Waals surface area (Å²) in [7, 11) is 0. The van der Waals surface area contributed by atoms with Crippen LogP contribution in [0, 0.1) is 5.92 Å². The Hall–Kier alpha value is -1.72. The predicted molar refractivity (Wildman–Crippen MR) is 52.5 cm³/mol. The van der Waals surface area contributed by atoms with Gasteiger partial charge in [-0.2, -0.15) is 4.52 Å². The average molecular weight is 207 g/mol. The average Bonchev–Trinajstić information content (AvgIpc) is 2.63.